The molecule has 0 aromatic carbocycles. The van der Waals surface area contributed by atoms with Crippen LogP contribution in [0.25, 0.3) is 0 Å². The summed E-state index contributed by atoms with van der Waals surface area (Å²) in [6.45, 7) is 0. The monoisotopic (exact) mass is 261 g/mol. The molecule has 0 atom stereocenters. The van der Waals surface area contributed by atoms with Gasteiger partial charge in [0.1, 0.15) is 11.1 Å². The molecule has 0 aliphatic heterocycles. The van der Waals surface area contributed by atoms with E-state index in [9.17, 15) is 0 Å². The molecule has 2 rings (SSSR count). The third-order valence-corrected chi connectivity index (χ3v) is 2.81. The molecule has 0 radical (unpaired) electrons. The van der Waals surface area contributed by atoms with Gasteiger partial charge in [0, 0.05) is 10.7 Å². The molecule has 70 valence electrons. The van der Waals surface area contributed by atoms with Crippen molar-refractivity contribution in [2.75, 3.05) is 0 Å². The van der Waals surface area contributed by atoms with Crippen LogP contribution < -0.4 is 4.74 Å². The first-order valence-corrected chi connectivity index (χ1v) is 5.40. The Morgan fingerprint density at radius 3 is 2.85 bits per heavy atom. The van der Waals surface area contributed by atoms with Gasteiger partial charge >= 0.3 is 0 Å². The van der Waals surface area contributed by atoms with E-state index >= 15 is 0 Å². The van der Waals surface area contributed by atoms with Crippen LogP contribution in [0.5, 0.6) is 5.88 Å². The highest BCUT2D eigenvalue weighted by molar-refractivity contribution is 9.10. The highest BCUT2D eigenvalue weighted by Crippen LogP contribution is 2.30. The molecule has 2 nitrogen and oxygen atoms in total. The SMILES string of the molecule is Clc1cc(Br)cnc1OC1CCC1. The lowest BCUT2D eigenvalue weighted by atomic mass is 9.96. The van der Waals surface area contributed by atoms with Gasteiger partial charge in [0.25, 0.3) is 0 Å². The highest BCUT2D eigenvalue weighted by Gasteiger charge is 2.20. The van der Waals surface area contributed by atoms with Crippen molar-refractivity contribution in [3.05, 3.63) is 21.8 Å². The standard InChI is InChI=1S/C9H9BrClNO/c10-6-4-8(11)9(12-5-6)13-7-2-1-3-7/h4-5,7H,1-3H2. The van der Waals surface area contributed by atoms with Crippen molar-refractivity contribution >= 4 is 27.5 Å². The minimum absolute atomic E-state index is 0.325. The van der Waals surface area contributed by atoms with Gasteiger partial charge in [-0.15, -0.1) is 0 Å². The van der Waals surface area contributed by atoms with E-state index < -0.39 is 0 Å². The summed E-state index contributed by atoms with van der Waals surface area (Å²) >= 11 is 9.23. The lowest BCUT2D eigenvalue weighted by molar-refractivity contribution is 0.115. The molecule has 1 aliphatic rings. The van der Waals surface area contributed by atoms with Crippen molar-refractivity contribution in [1.29, 1.82) is 0 Å². The molecule has 4 heteroatoms. The summed E-state index contributed by atoms with van der Waals surface area (Å²) in [7, 11) is 0. The largest absolute Gasteiger partial charge is 0.473 e. The topological polar surface area (TPSA) is 22.1 Å². The third-order valence-electron chi connectivity index (χ3n) is 2.10. The fraction of sp³-hybridized carbons (Fsp3) is 0.444. The molecule has 1 aliphatic carbocycles. The van der Waals surface area contributed by atoms with Gasteiger partial charge in [-0.1, -0.05) is 11.6 Å². The van der Waals surface area contributed by atoms with Crippen LogP contribution in [0.3, 0.4) is 0 Å². The van der Waals surface area contributed by atoms with Crippen molar-refractivity contribution in [2.45, 2.75) is 25.4 Å². The second-order valence-corrected chi connectivity index (χ2v) is 4.43. The fourth-order valence-electron chi connectivity index (χ4n) is 1.14. The lowest BCUT2D eigenvalue weighted by Crippen LogP contribution is -2.25. The van der Waals surface area contributed by atoms with Gasteiger partial charge in [-0.3, -0.25) is 0 Å². The van der Waals surface area contributed by atoms with E-state index in [2.05, 4.69) is 20.9 Å². The number of halogens is 2. The van der Waals surface area contributed by atoms with E-state index in [0.29, 0.717) is 17.0 Å². The smallest absolute Gasteiger partial charge is 0.232 e. The number of ether oxygens (including phenoxy) is 1. The quantitative estimate of drug-likeness (QED) is 0.815. The molecular formula is C9H9BrClNO. The van der Waals surface area contributed by atoms with Crippen LogP contribution in [-0.4, -0.2) is 11.1 Å². The Morgan fingerprint density at radius 1 is 1.54 bits per heavy atom. The van der Waals surface area contributed by atoms with Crippen molar-refractivity contribution in [3.63, 3.8) is 0 Å². The number of hydrogen-bond acceptors (Lipinski definition) is 2. The lowest BCUT2D eigenvalue weighted by Gasteiger charge is -2.25. The van der Waals surface area contributed by atoms with Crippen LogP contribution >= 0.6 is 27.5 Å². The Balaban J connectivity index is 2.10. The number of nitrogens with zero attached hydrogens (tertiary/aromatic N) is 1. The molecule has 1 fully saturated rings. The van der Waals surface area contributed by atoms with E-state index in [1.54, 1.807) is 12.3 Å². The Labute approximate surface area is 90.4 Å². The fourth-order valence-corrected chi connectivity index (χ4v) is 1.81. The van der Waals surface area contributed by atoms with Gasteiger partial charge in [0.05, 0.1) is 0 Å². The number of rotatable bonds is 2. The van der Waals surface area contributed by atoms with E-state index in [4.69, 9.17) is 16.3 Å². The van der Waals surface area contributed by atoms with Gasteiger partial charge in [0.15, 0.2) is 0 Å². The van der Waals surface area contributed by atoms with Crippen molar-refractivity contribution in [3.8, 4) is 5.88 Å². The zero-order valence-corrected chi connectivity index (χ0v) is 9.31. The second-order valence-electron chi connectivity index (χ2n) is 3.11. The average Bonchev–Trinajstić information content (AvgIpc) is 1.99. The summed E-state index contributed by atoms with van der Waals surface area (Å²) in [5, 5.41) is 0.571. The summed E-state index contributed by atoms with van der Waals surface area (Å²) in [6, 6.07) is 1.79. The molecule has 13 heavy (non-hydrogen) atoms. The van der Waals surface area contributed by atoms with Gasteiger partial charge in [-0.25, -0.2) is 4.98 Å². The van der Waals surface area contributed by atoms with Crippen LogP contribution in [0.4, 0.5) is 0 Å². The van der Waals surface area contributed by atoms with Gasteiger partial charge in [0.2, 0.25) is 5.88 Å². The molecular weight excluding hydrogens is 253 g/mol. The van der Waals surface area contributed by atoms with E-state index in [1.165, 1.54) is 6.42 Å². The maximum Gasteiger partial charge on any atom is 0.232 e. The van der Waals surface area contributed by atoms with Crippen LogP contribution in [0.2, 0.25) is 5.02 Å². The van der Waals surface area contributed by atoms with Crippen LogP contribution in [0, 0.1) is 0 Å². The van der Waals surface area contributed by atoms with Crippen LogP contribution in [0.15, 0.2) is 16.7 Å². The predicted octanol–water partition coefficient (Wildman–Crippen LogP) is 3.43. The van der Waals surface area contributed by atoms with Gasteiger partial charge in [-0.2, -0.15) is 0 Å². The molecule has 0 spiro atoms. The van der Waals surface area contributed by atoms with E-state index in [-0.39, 0.29) is 0 Å². The predicted molar refractivity (Wildman–Crippen MR) is 55.2 cm³/mol. The third kappa shape index (κ3) is 2.15. The molecule has 0 amide bonds. The molecule has 0 N–H and O–H groups in total. The van der Waals surface area contributed by atoms with Crippen molar-refractivity contribution in [1.82, 2.24) is 4.98 Å². The molecule has 0 saturated heterocycles. The first-order valence-electron chi connectivity index (χ1n) is 4.23. The van der Waals surface area contributed by atoms with Gasteiger partial charge < -0.3 is 4.74 Å². The summed E-state index contributed by atoms with van der Waals surface area (Å²) in [6.07, 6.45) is 5.51. The Kier molecular flexibility index (Phi) is 2.74. The van der Waals surface area contributed by atoms with E-state index in [0.717, 1.165) is 17.3 Å². The molecule has 1 heterocycles. The molecule has 1 saturated carbocycles. The van der Waals surface area contributed by atoms with Crippen molar-refractivity contribution in [2.24, 2.45) is 0 Å². The first kappa shape index (κ1) is 9.28. The van der Waals surface area contributed by atoms with Gasteiger partial charge in [-0.05, 0) is 41.3 Å². The maximum atomic E-state index is 5.94. The minimum Gasteiger partial charge on any atom is -0.473 e. The molecule has 1 aromatic rings. The number of aromatic nitrogens is 1. The second kappa shape index (κ2) is 3.84. The Morgan fingerprint density at radius 2 is 2.31 bits per heavy atom. The molecule has 1 aromatic heterocycles. The Hall–Kier alpha value is -0.280. The molecule has 0 unspecified atom stereocenters. The normalized spacial score (nSPS) is 16.8. The summed E-state index contributed by atoms with van der Waals surface area (Å²) in [4.78, 5) is 4.10. The average molecular weight is 263 g/mol. The summed E-state index contributed by atoms with van der Waals surface area (Å²) in [5.74, 6) is 0.551. The van der Waals surface area contributed by atoms with Crippen LogP contribution in [0.1, 0.15) is 19.3 Å². The summed E-state index contributed by atoms with van der Waals surface area (Å²) < 4.78 is 6.45. The Bertz CT molecular complexity index is 314. The first-order chi connectivity index (χ1) is 6.25. The van der Waals surface area contributed by atoms with E-state index in [1.807, 2.05) is 0 Å². The maximum absolute atomic E-state index is 5.94. The highest BCUT2D eigenvalue weighted by atomic mass is 79.9. The number of pyridine rings is 1. The van der Waals surface area contributed by atoms with Crippen LogP contribution in [-0.2, 0) is 0 Å². The van der Waals surface area contributed by atoms with Crippen molar-refractivity contribution < 1.29 is 4.74 Å². The molecule has 0 bridgehead atoms. The zero-order valence-electron chi connectivity index (χ0n) is 6.96. The summed E-state index contributed by atoms with van der Waals surface area (Å²) in [5.41, 5.74) is 0. The zero-order chi connectivity index (χ0) is 9.26. The minimum atomic E-state index is 0.325. The number of hydrogen-bond donors (Lipinski definition) is 0.